The molecule has 3 nitrogen and oxygen atoms in total. The molecular formula is C12H13F2N3. The molecule has 0 fully saturated rings. The third-order valence-electron chi connectivity index (χ3n) is 2.61. The molecule has 5 heteroatoms. The normalized spacial score (nSPS) is 11.1. The maximum atomic E-state index is 13.7. The molecule has 0 amide bonds. The number of benzene rings is 1. The van der Waals surface area contributed by atoms with E-state index in [0.717, 1.165) is 18.2 Å². The van der Waals surface area contributed by atoms with Crippen LogP contribution >= 0.6 is 0 Å². The van der Waals surface area contributed by atoms with Crippen molar-refractivity contribution < 1.29 is 8.78 Å². The van der Waals surface area contributed by atoms with E-state index in [1.54, 1.807) is 0 Å². The van der Waals surface area contributed by atoms with Gasteiger partial charge in [-0.2, -0.15) is 5.10 Å². The molecule has 0 saturated heterocycles. The summed E-state index contributed by atoms with van der Waals surface area (Å²) in [5, 5.41) is 6.51. The summed E-state index contributed by atoms with van der Waals surface area (Å²) in [6.45, 7) is 3.84. The first-order chi connectivity index (χ1) is 8.00. The molecule has 0 spiro atoms. The van der Waals surface area contributed by atoms with Crippen LogP contribution in [0.25, 0.3) is 11.3 Å². The second-order valence-corrected chi connectivity index (χ2v) is 4.18. The maximum absolute atomic E-state index is 13.7. The highest BCUT2D eigenvalue weighted by Gasteiger charge is 2.18. The SMILES string of the molecule is CC(C)c1c(N)n[nH]c1-c1cc(F)ccc1F. The van der Waals surface area contributed by atoms with Crippen molar-refractivity contribution in [1.82, 2.24) is 10.2 Å². The topological polar surface area (TPSA) is 54.7 Å². The molecule has 2 rings (SSSR count). The molecule has 2 aromatic rings. The molecule has 0 radical (unpaired) electrons. The summed E-state index contributed by atoms with van der Waals surface area (Å²) < 4.78 is 26.8. The van der Waals surface area contributed by atoms with Gasteiger partial charge < -0.3 is 5.73 Å². The van der Waals surface area contributed by atoms with Crippen molar-refractivity contribution in [3.8, 4) is 11.3 Å². The van der Waals surface area contributed by atoms with E-state index in [0.29, 0.717) is 17.1 Å². The molecule has 1 aromatic carbocycles. The summed E-state index contributed by atoms with van der Waals surface area (Å²) in [6.07, 6.45) is 0. The second kappa shape index (κ2) is 4.16. The molecule has 0 aliphatic heterocycles. The van der Waals surface area contributed by atoms with E-state index in [2.05, 4.69) is 10.2 Å². The van der Waals surface area contributed by atoms with Crippen molar-refractivity contribution >= 4 is 5.82 Å². The number of hydrogen-bond acceptors (Lipinski definition) is 2. The van der Waals surface area contributed by atoms with Gasteiger partial charge in [0, 0.05) is 11.1 Å². The van der Waals surface area contributed by atoms with Crippen molar-refractivity contribution in [1.29, 1.82) is 0 Å². The van der Waals surface area contributed by atoms with Crippen LogP contribution in [0.5, 0.6) is 0 Å². The summed E-state index contributed by atoms with van der Waals surface area (Å²) in [4.78, 5) is 0. The Bertz CT molecular complexity index is 547. The fraction of sp³-hybridized carbons (Fsp3) is 0.250. The Morgan fingerprint density at radius 2 is 2.00 bits per heavy atom. The summed E-state index contributed by atoms with van der Waals surface area (Å²) in [5.41, 5.74) is 7.00. The lowest BCUT2D eigenvalue weighted by Gasteiger charge is -2.08. The molecule has 17 heavy (non-hydrogen) atoms. The minimum Gasteiger partial charge on any atom is -0.382 e. The Hall–Kier alpha value is -1.91. The first-order valence-electron chi connectivity index (χ1n) is 5.30. The predicted octanol–water partition coefficient (Wildman–Crippen LogP) is 3.06. The third kappa shape index (κ3) is 2.00. The van der Waals surface area contributed by atoms with Crippen molar-refractivity contribution in [2.75, 3.05) is 5.73 Å². The molecule has 0 atom stereocenters. The van der Waals surface area contributed by atoms with Gasteiger partial charge in [-0.3, -0.25) is 5.10 Å². The standard InChI is InChI=1S/C12H13F2N3/c1-6(2)10-11(16-17-12(10)15)8-5-7(13)3-4-9(8)14/h3-6H,1-2H3,(H3,15,16,17). The largest absolute Gasteiger partial charge is 0.382 e. The zero-order valence-electron chi connectivity index (χ0n) is 9.59. The van der Waals surface area contributed by atoms with Crippen LogP contribution in [0.1, 0.15) is 25.3 Å². The van der Waals surface area contributed by atoms with Crippen LogP contribution in [0.3, 0.4) is 0 Å². The number of nitrogen functional groups attached to an aromatic ring is 1. The van der Waals surface area contributed by atoms with Crippen LogP contribution in [0.4, 0.5) is 14.6 Å². The first-order valence-corrected chi connectivity index (χ1v) is 5.30. The van der Waals surface area contributed by atoms with E-state index in [1.165, 1.54) is 0 Å². The molecule has 1 heterocycles. The molecule has 0 unspecified atom stereocenters. The number of nitrogens with zero attached hydrogens (tertiary/aromatic N) is 1. The van der Waals surface area contributed by atoms with E-state index >= 15 is 0 Å². The molecule has 3 N–H and O–H groups in total. The summed E-state index contributed by atoms with van der Waals surface area (Å²) in [6, 6.07) is 3.30. The smallest absolute Gasteiger partial charge is 0.149 e. The van der Waals surface area contributed by atoms with Gasteiger partial charge in [-0.1, -0.05) is 13.8 Å². The zero-order valence-corrected chi connectivity index (χ0v) is 9.59. The van der Waals surface area contributed by atoms with E-state index < -0.39 is 11.6 Å². The fourth-order valence-electron chi connectivity index (χ4n) is 1.84. The average molecular weight is 237 g/mol. The van der Waals surface area contributed by atoms with Gasteiger partial charge in [0.2, 0.25) is 0 Å². The zero-order chi connectivity index (χ0) is 12.6. The lowest BCUT2D eigenvalue weighted by Crippen LogP contribution is -1.96. The Kier molecular flexibility index (Phi) is 2.83. The minimum atomic E-state index is -0.503. The Morgan fingerprint density at radius 1 is 1.29 bits per heavy atom. The summed E-state index contributed by atoms with van der Waals surface area (Å²) in [5.74, 6) is -0.605. The number of aromatic nitrogens is 2. The molecule has 90 valence electrons. The number of aromatic amines is 1. The van der Waals surface area contributed by atoms with Gasteiger partial charge in [-0.05, 0) is 24.1 Å². The predicted molar refractivity (Wildman–Crippen MR) is 62.4 cm³/mol. The highest BCUT2D eigenvalue weighted by atomic mass is 19.1. The number of nitrogens with two attached hydrogens (primary N) is 1. The minimum absolute atomic E-state index is 0.0754. The van der Waals surface area contributed by atoms with Gasteiger partial charge in [0.05, 0.1) is 5.69 Å². The molecular weight excluding hydrogens is 224 g/mol. The molecule has 0 aliphatic carbocycles. The maximum Gasteiger partial charge on any atom is 0.149 e. The van der Waals surface area contributed by atoms with Gasteiger partial charge in [-0.15, -0.1) is 0 Å². The van der Waals surface area contributed by atoms with E-state index in [4.69, 9.17) is 5.73 Å². The van der Waals surface area contributed by atoms with Gasteiger partial charge in [0.25, 0.3) is 0 Å². The van der Waals surface area contributed by atoms with Crippen LogP contribution in [0.15, 0.2) is 18.2 Å². The average Bonchev–Trinajstić information content (AvgIpc) is 2.64. The summed E-state index contributed by atoms with van der Waals surface area (Å²) >= 11 is 0. The molecule has 0 aliphatic rings. The van der Waals surface area contributed by atoms with Gasteiger partial charge in [0.15, 0.2) is 0 Å². The van der Waals surface area contributed by atoms with Crippen LogP contribution in [-0.2, 0) is 0 Å². The lowest BCUT2D eigenvalue weighted by molar-refractivity contribution is 0.602. The quantitative estimate of drug-likeness (QED) is 0.843. The summed E-state index contributed by atoms with van der Waals surface area (Å²) in [7, 11) is 0. The van der Waals surface area contributed by atoms with Gasteiger partial charge >= 0.3 is 0 Å². The number of H-pyrrole nitrogens is 1. The number of rotatable bonds is 2. The Morgan fingerprint density at radius 3 is 2.65 bits per heavy atom. The van der Waals surface area contributed by atoms with Gasteiger partial charge in [0.1, 0.15) is 17.5 Å². The van der Waals surface area contributed by atoms with Crippen LogP contribution < -0.4 is 5.73 Å². The fourth-order valence-corrected chi connectivity index (χ4v) is 1.84. The number of halogens is 2. The van der Waals surface area contributed by atoms with E-state index in [9.17, 15) is 8.78 Å². The van der Waals surface area contributed by atoms with Crippen molar-refractivity contribution in [3.63, 3.8) is 0 Å². The first kappa shape index (κ1) is 11.6. The third-order valence-corrected chi connectivity index (χ3v) is 2.61. The Labute approximate surface area is 97.7 Å². The lowest BCUT2D eigenvalue weighted by atomic mass is 9.98. The van der Waals surface area contributed by atoms with E-state index in [-0.39, 0.29) is 11.5 Å². The molecule has 1 aromatic heterocycles. The molecule has 0 saturated carbocycles. The monoisotopic (exact) mass is 237 g/mol. The van der Waals surface area contributed by atoms with Gasteiger partial charge in [-0.25, -0.2) is 8.78 Å². The second-order valence-electron chi connectivity index (χ2n) is 4.18. The highest BCUT2D eigenvalue weighted by molar-refractivity contribution is 5.69. The van der Waals surface area contributed by atoms with Crippen molar-refractivity contribution in [2.45, 2.75) is 19.8 Å². The van der Waals surface area contributed by atoms with Crippen molar-refractivity contribution in [3.05, 3.63) is 35.4 Å². The van der Waals surface area contributed by atoms with Crippen LogP contribution in [0, 0.1) is 11.6 Å². The van der Waals surface area contributed by atoms with Crippen LogP contribution in [-0.4, -0.2) is 10.2 Å². The Balaban J connectivity index is 2.64. The van der Waals surface area contributed by atoms with E-state index in [1.807, 2.05) is 13.8 Å². The van der Waals surface area contributed by atoms with Crippen molar-refractivity contribution in [2.24, 2.45) is 0 Å². The number of anilines is 1. The number of nitrogens with one attached hydrogen (secondary N) is 1. The van der Waals surface area contributed by atoms with Crippen LogP contribution in [0.2, 0.25) is 0 Å². The number of hydrogen-bond donors (Lipinski definition) is 2. The molecule has 0 bridgehead atoms. The highest BCUT2D eigenvalue weighted by Crippen LogP contribution is 2.32.